The maximum Gasteiger partial charge on any atom is 0.422 e. The van der Waals surface area contributed by atoms with Gasteiger partial charge in [-0.15, -0.1) is 11.3 Å². The summed E-state index contributed by atoms with van der Waals surface area (Å²) < 4.78 is 43.2. The number of nitrogens with zero attached hydrogens (tertiary/aromatic N) is 2. The normalized spacial score (nSPS) is 11.6. The van der Waals surface area contributed by atoms with Crippen LogP contribution in [0.1, 0.15) is 15.2 Å². The molecule has 142 valence electrons. The van der Waals surface area contributed by atoms with Crippen LogP contribution in [0.15, 0.2) is 35.4 Å². The van der Waals surface area contributed by atoms with Crippen molar-refractivity contribution in [3.63, 3.8) is 0 Å². The molecule has 27 heavy (non-hydrogen) atoms. The number of carbonyl (C=O) groups is 1. The number of hydrogen-bond acceptors (Lipinski definition) is 5. The highest BCUT2D eigenvalue weighted by molar-refractivity contribution is 7.20. The molecule has 1 N–H and O–H groups in total. The average molecular weight is 397 g/mol. The lowest BCUT2D eigenvalue weighted by Crippen LogP contribution is -2.20. The molecular weight excluding hydrogens is 383 g/mol. The van der Waals surface area contributed by atoms with Gasteiger partial charge in [0.15, 0.2) is 6.61 Å². The van der Waals surface area contributed by atoms with E-state index in [2.05, 4.69) is 10.3 Å². The Morgan fingerprint density at radius 1 is 1.33 bits per heavy atom. The standard InChI is InChI=1S/C17H14F3N3O3S/c1-9-12-15(21-8-23(2)16(12)25)27-13(9)14(24)22-10-5-3-4-6-11(10)26-7-17(18,19)20/h3-6,8H,7H2,1-2H3,(H,22,24). The van der Waals surface area contributed by atoms with Gasteiger partial charge < -0.3 is 14.6 Å². The molecule has 0 saturated heterocycles. The highest BCUT2D eigenvalue weighted by Gasteiger charge is 2.29. The van der Waals surface area contributed by atoms with E-state index in [1.165, 1.54) is 29.1 Å². The summed E-state index contributed by atoms with van der Waals surface area (Å²) in [4.78, 5) is 29.7. The minimum Gasteiger partial charge on any atom is -0.482 e. The second kappa shape index (κ2) is 7.03. The first-order valence-corrected chi connectivity index (χ1v) is 8.53. The topological polar surface area (TPSA) is 73.2 Å². The molecule has 10 heteroatoms. The SMILES string of the molecule is Cc1c(C(=O)Nc2ccccc2OCC(F)(F)F)sc2ncn(C)c(=O)c12. The zero-order chi connectivity index (χ0) is 19.8. The number of halogens is 3. The summed E-state index contributed by atoms with van der Waals surface area (Å²) in [5.74, 6) is -0.656. The fraction of sp³-hybridized carbons (Fsp3) is 0.235. The number of para-hydroxylation sites is 2. The lowest BCUT2D eigenvalue weighted by Gasteiger charge is -2.13. The predicted molar refractivity (Wildman–Crippen MR) is 95.5 cm³/mol. The van der Waals surface area contributed by atoms with Crippen LogP contribution in [0.2, 0.25) is 0 Å². The number of fused-ring (bicyclic) bond motifs is 1. The second-order valence-corrected chi connectivity index (χ2v) is 6.75. The molecule has 0 aliphatic carbocycles. The van der Waals surface area contributed by atoms with E-state index in [-0.39, 0.29) is 21.9 Å². The summed E-state index contributed by atoms with van der Waals surface area (Å²) >= 11 is 1.04. The third-order valence-corrected chi connectivity index (χ3v) is 4.94. The zero-order valence-corrected chi connectivity index (χ0v) is 15.1. The molecule has 0 unspecified atom stereocenters. The highest BCUT2D eigenvalue weighted by atomic mass is 32.1. The Kier molecular flexibility index (Phi) is 4.92. The number of benzene rings is 1. The van der Waals surface area contributed by atoms with Crippen molar-refractivity contribution < 1.29 is 22.7 Å². The van der Waals surface area contributed by atoms with Gasteiger partial charge in [0.05, 0.1) is 22.3 Å². The Morgan fingerprint density at radius 3 is 2.74 bits per heavy atom. The van der Waals surface area contributed by atoms with E-state index in [1.807, 2.05) is 0 Å². The highest BCUT2D eigenvalue weighted by Crippen LogP contribution is 2.30. The quantitative estimate of drug-likeness (QED) is 0.731. The third kappa shape index (κ3) is 3.95. The van der Waals surface area contributed by atoms with Crippen molar-refractivity contribution in [1.82, 2.24) is 9.55 Å². The Balaban J connectivity index is 1.91. The molecule has 2 aromatic heterocycles. The smallest absolute Gasteiger partial charge is 0.422 e. The van der Waals surface area contributed by atoms with E-state index in [1.54, 1.807) is 20.0 Å². The molecule has 0 bridgehead atoms. The molecule has 1 amide bonds. The van der Waals surface area contributed by atoms with Gasteiger partial charge in [0.1, 0.15) is 10.6 Å². The van der Waals surface area contributed by atoms with Crippen molar-refractivity contribution in [1.29, 1.82) is 0 Å². The van der Waals surface area contributed by atoms with Gasteiger partial charge in [0.25, 0.3) is 11.5 Å². The molecule has 0 fully saturated rings. The number of alkyl halides is 3. The summed E-state index contributed by atoms with van der Waals surface area (Å²) in [5.41, 5.74) is 0.293. The first-order valence-electron chi connectivity index (χ1n) is 7.72. The van der Waals surface area contributed by atoms with E-state index in [9.17, 15) is 22.8 Å². The maximum atomic E-state index is 12.6. The van der Waals surface area contributed by atoms with E-state index < -0.39 is 18.7 Å². The number of hydrogen-bond donors (Lipinski definition) is 1. The van der Waals surface area contributed by atoms with Gasteiger partial charge in [-0.05, 0) is 24.6 Å². The lowest BCUT2D eigenvalue weighted by atomic mass is 10.2. The van der Waals surface area contributed by atoms with Crippen LogP contribution < -0.4 is 15.6 Å². The molecule has 0 radical (unpaired) electrons. The Morgan fingerprint density at radius 2 is 2.04 bits per heavy atom. The summed E-state index contributed by atoms with van der Waals surface area (Å²) in [6.07, 6.45) is -3.13. The molecule has 6 nitrogen and oxygen atoms in total. The number of aryl methyl sites for hydroxylation is 2. The van der Waals surface area contributed by atoms with Gasteiger partial charge in [-0.1, -0.05) is 12.1 Å². The minimum atomic E-state index is -4.50. The van der Waals surface area contributed by atoms with Gasteiger partial charge in [-0.3, -0.25) is 9.59 Å². The van der Waals surface area contributed by atoms with E-state index in [4.69, 9.17) is 4.74 Å². The second-order valence-electron chi connectivity index (χ2n) is 5.75. The van der Waals surface area contributed by atoms with Gasteiger partial charge in [0, 0.05) is 7.05 Å². The van der Waals surface area contributed by atoms with Gasteiger partial charge >= 0.3 is 6.18 Å². The van der Waals surface area contributed by atoms with E-state index in [0.29, 0.717) is 15.8 Å². The van der Waals surface area contributed by atoms with Gasteiger partial charge in [-0.25, -0.2) is 4.98 Å². The molecule has 2 heterocycles. The van der Waals surface area contributed by atoms with Crippen molar-refractivity contribution in [3.05, 3.63) is 51.4 Å². The summed E-state index contributed by atoms with van der Waals surface area (Å²) in [6, 6.07) is 5.82. The first-order chi connectivity index (χ1) is 12.7. The Bertz CT molecular complexity index is 1070. The average Bonchev–Trinajstić information content (AvgIpc) is 2.94. The number of aromatic nitrogens is 2. The van der Waals surface area contributed by atoms with Crippen molar-refractivity contribution in [2.75, 3.05) is 11.9 Å². The molecule has 0 aliphatic heterocycles. The molecule has 3 aromatic rings. The largest absolute Gasteiger partial charge is 0.482 e. The summed E-state index contributed by atoms with van der Waals surface area (Å²) in [7, 11) is 1.56. The number of ether oxygens (including phenoxy) is 1. The third-order valence-electron chi connectivity index (χ3n) is 3.74. The molecular formula is C17H14F3N3O3S. The van der Waals surface area contributed by atoms with Crippen molar-refractivity contribution in [2.45, 2.75) is 13.1 Å². The van der Waals surface area contributed by atoms with Crippen LogP contribution in [0.25, 0.3) is 10.2 Å². The number of thiophene rings is 1. The number of nitrogens with one attached hydrogen (secondary N) is 1. The maximum absolute atomic E-state index is 12.6. The summed E-state index contributed by atoms with van der Waals surface area (Å²) in [5, 5.41) is 2.89. The van der Waals surface area contributed by atoms with Crippen LogP contribution >= 0.6 is 11.3 Å². The number of carbonyl (C=O) groups excluding carboxylic acids is 1. The van der Waals surface area contributed by atoms with Gasteiger partial charge in [-0.2, -0.15) is 13.2 Å². The predicted octanol–water partition coefficient (Wildman–Crippen LogP) is 3.50. The van der Waals surface area contributed by atoms with Crippen LogP contribution in [0.4, 0.5) is 18.9 Å². The van der Waals surface area contributed by atoms with Gasteiger partial charge in [0.2, 0.25) is 0 Å². The summed E-state index contributed by atoms with van der Waals surface area (Å²) in [6.45, 7) is 0.157. The van der Waals surface area contributed by atoms with Crippen molar-refractivity contribution in [3.8, 4) is 5.75 Å². The minimum absolute atomic E-state index is 0.101. The lowest BCUT2D eigenvalue weighted by molar-refractivity contribution is -0.153. The molecule has 3 rings (SSSR count). The van der Waals surface area contributed by atoms with Crippen LogP contribution in [0.3, 0.4) is 0 Å². The zero-order valence-electron chi connectivity index (χ0n) is 14.3. The van der Waals surface area contributed by atoms with Crippen LogP contribution in [-0.2, 0) is 7.05 Å². The molecule has 0 aliphatic rings. The van der Waals surface area contributed by atoms with Crippen LogP contribution in [0.5, 0.6) is 5.75 Å². The van der Waals surface area contributed by atoms with Crippen LogP contribution in [0, 0.1) is 6.92 Å². The molecule has 0 saturated carbocycles. The van der Waals surface area contributed by atoms with E-state index >= 15 is 0 Å². The fourth-order valence-electron chi connectivity index (χ4n) is 2.46. The van der Waals surface area contributed by atoms with Crippen molar-refractivity contribution >= 4 is 33.1 Å². The molecule has 0 spiro atoms. The van der Waals surface area contributed by atoms with E-state index in [0.717, 1.165) is 11.3 Å². The monoisotopic (exact) mass is 397 g/mol. The Hall–Kier alpha value is -2.88. The van der Waals surface area contributed by atoms with Crippen molar-refractivity contribution in [2.24, 2.45) is 7.05 Å². The number of anilines is 1. The number of rotatable bonds is 4. The first kappa shape index (κ1) is 18.9. The number of amides is 1. The van der Waals surface area contributed by atoms with Crippen LogP contribution in [-0.4, -0.2) is 28.2 Å². The molecule has 1 aromatic carbocycles. The Labute approximate surface area is 155 Å². The molecule has 0 atom stereocenters. The fourth-order valence-corrected chi connectivity index (χ4v) is 3.49.